The molecule has 0 aliphatic carbocycles. The molecular formula is C28H23NO8. The highest BCUT2D eigenvalue weighted by atomic mass is 16.6. The molecule has 0 unspecified atom stereocenters. The van der Waals surface area contributed by atoms with Gasteiger partial charge in [0.25, 0.3) is 0 Å². The van der Waals surface area contributed by atoms with Crippen molar-refractivity contribution < 1.29 is 33.0 Å². The number of hydrogen-bond acceptors (Lipinski definition) is 8. The van der Waals surface area contributed by atoms with E-state index in [2.05, 4.69) is 5.32 Å². The van der Waals surface area contributed by atoms with Crippen molar-refractivity contribution in [1.29, 1.82) is 0 Å². The summed E-state index contributed by atoms with van der Waals surface area (Å²) in [6.07, 6.45) is -0.743. The second kappa shape index (κ2) is 10.4. The van der Waals surface area contributed by atoms with Crippen LogP contribution in [0, 0.1) is 6.92 Å². The Balaban J connectivity index is 1.26. The minimum absolute atomic E-state index is 0.0824. The molecule has 37 heavy (non-hydrogen) atoms. The molecule has 0 atom stereocenters. The van der Waals surface area contributed by atoms with E-state index >= 15 is 0 Å². The van der Waals surface area contributed by atoms with Crippen LogP contribution in [-0.2, 0) is 16.1 Å². The van der Waals surface area contributed by atoms with Gasteiger partial charge in [-0.3, -0.25) is 4.79 Å². The Morgan fingerprint density at radius 3 is 2.54 bits per heavy atom. The van der Waals surface area contributed by atoms with Crippen LogP contribution in [0.1, 0.15) is 11.3 Å². The normalized spacial score (nSPS) is 12.1. The predicted octanol–water partition coefficient (Wildman–Crippen LogP) is 4.37. The van der Waals surface area contributed by atoms with Gasteiger partial charge in [-0.25, -0.2) is 9.59 Å². The van der Waals surface area contributed by atoms with Crippen LogP contribution < -0.4 is 25.0 Å². The van der Waals surface area contributed by atoms with Gasteiger partial charge in [-0.05, 0) is 42.3 Å². The number of benzene rings is 3. The average molecular weight is 501 g/mol. The summed E-state index contributed by atoms with van der Waals surface area (Å²) in [7, 11) is 0. The van der Waals surface area contributed by atoms with Crippen molar-refractivity contribution >= 4 is 23.0 Å². The molecule has 5 rings (SSSR count). The van der Waals surface area contributed by atoms with E-state index in [4.69, 9.17) is 23.4 Å². The lowest BCUT2D eigenvalue weighted by Crippen LogP contribution is -2.32. The van der Waals surface area contributed by atoms with Gasteiger partial charge in [-0.2, -0.15) is 0 Å². The number of aryl methyl sites for hydroxylation is 1. The van der Waals surface area contributed by atoms with Gasteiger partial charge in [0.1, 0.15) is 43.5 Å². The second-order valence-electron chi connectivity index (χ2n) is 8.27. The molecular weight excluding hydrogens is 478 g/mol. The molecule has 9 heteroatoms. The van der Waals surface area contributed by atoms with Crippen molar-refractivity contribution in [2.24, 2.45) is 0 Å². The van der Waals surface area contributed by atoms with Crippen LogP contribution in [-0.4, -0.2) is 31.8 Å². The maximum absolute atomic E-state index is 13.3. The van der Waals surface area contributed by atoms with Crippen LogP contribution in [0.25, 0.3) is 22.1 Å². The third kappa shape index (κ3) is 5.40. The molecule has 1 aliphatic heterocycles. The first-order chi connectivity index (χ1) is 18.0. The number of nitrogens with one attached hydrogen (secondary N) is 1. The molecule has 1 aliphatic rings. The number of esters is 1. The summed E-state index contributed by atoms with van der Waals surface area (Å²) in [4.78, 5) is 37.3. The average Bonchev–Trinajstić information content (AvgIpc) is 2.91. The first-order valence-electron chi connectivity index (χ1n) is 11.6. The molecule has 188 valence electrons. The maximum atomic E-state index is 13.3. The lowest BCUT2D eigenvalue weighted by atomic mass is 10.0. The maximum Gasteiger partial charge on any atom is 0.407 e. The van der Waals surface area contributed by atoms with Gasteiger partial charge in [0.15, 0.2) is 11.5 Å². The number of amides is 1. The molecule has 2 heterocycles. The molecule has 9 nitrogen and oxygen atoms in total. The number of carbonyl (C=O) groups is 2. The van der Waals surface area contributed by atoms with Crippen molar-refractivity contribution in [1.82, 2.24) is 5.32 Å². The standard InChI is InChI=1S/C28H23NO8/c1-17-26(19-7-10-22-24(13-19)34-12-11-33-22)27(31)21-9-8-20(14-23(21)36-17)37-25(30)15-29-28(32)35-16-18-5-3-2-4-6-18/h2-10,13-14H,11-12,15-16H2,1H3,(H,29,32). The zero-order valence-electron chi connectivity index (χ0n) is 19.9. The SMILES string of the molecule is Cc1oc2cc(OC(=O)CNC(=O)OCc3ccccc3)ccc2c(=O)c1-c1ccc2c(c1)OCCO2. The Labute approximate surface area is 211 Å². The van der Waals surface area contributed by atoms with Gasteiger partial charge in [-0.1, -0.05) is 36.4 Å². The van der Waals surface area contributed by atoms with Gasteiger partial charge in [0.2, 0.25) is 5.43 Å². The Morgan fingerprint density at radius 2 is 1.73 bits per heavy atom. The van der Waals surface area contributed by atoms with Gasteiger partial charge < -0.3 is 28.7 Å². The third-order valence-electron chi connectivity index (χ3n) is 5.69. The first-order valence-corrected chi connectivity index (χ1v) is 11.6. The van der Waals surface area contributed by atoms with Crippen LogP contribution in [0.4, 0.5) is 4.79 Å². The Kier molecular flexibility index (Phi) is 6.76. The molecule has 0 fully saturated rings. The molecule has 0 saturated heterocycles. The Bertz CT molecular complexity index is 1530. The summed E-state index contributed by atoms with van der Waals surface area (Å²) in [6.45, 7) is 2.30. The third-order valence-corrected chi connectivity index (χ3v) is 5.69. The van der Waals surface area contributed by atoms with E-state index in [9.17, 15) is 14.4 Å². The minimum Gasteiger partial charge on any atom is -0.486 e. The highest BCUT2D eigenvalue weighted by molar-refractivity contribution is 5.85. The van der Waals surface area contributed by atoms with Gasteiger partial charge in [-0.15, -0.1) is 0 Å². The fraction of sp³-hybridized carbons (Fsp3) is 0.179. The summed E-state index contributed by atoms with van der Waals surface area (Å²) in [6, 6.07) is 19.0. The lowest BCUT2D eigenvalue weighted by molar-refractivity contribution is -0.133. The molecule has 0 bridgehead atoms. The highest BCUT2D eigenvalue weighted by Gasteiger charge is 2.18. The van der Waals surface area contributed by atoms with Gasteiger partial charge in [0, 0.05) is 6.07 Å². The fourth-order valence-corrected chi connectivity index (χ4v) is 3.97. The van der Waals surface area contributed by atoms with Crippen LogP contribution in [0.2, 0.25) is 0 Å². The van der Waals surface area contributed by atoms with Crippen LogP contribution >= 0.6 is 0 Å². The summed E-state index contributed by atoms with van der Waals surface area (Å²) >= 11 is 0. The summed E-state index contributed by atoms with van der Waals surface area (Å²) in [5, 5.41) is 2.68. The van der Waals surface area contributed by atoms with E-state index < -0.39 is 18.6 Å². The molecule has 0 spiro atoms. The van der Waals surface area contributed by atoms with Crippen molar-refractivity contribution in [3.8, 4) is 28.4 Å². The zero-order chi connectivity index (χ0) is 25.8. The second-order valence-corrected chi connectivity index (χ2v) is 8.27. The van der Waals surface area contributed by atoms with Crippen molar-refractivity contribution in [2.45, 2.75) is 13.5 Å². The molecule has 3 aromatic carbocycles. The monoisotopic (exact) mass is 501 g/mol. The Morgan fingerprint density at radius 1 is 0.946 bits per heavy atom. The van der Waals surface area contributed by atoms with E-state index in [-0.39, 0.29) is 23.4 Å². The van der Waals surface area contributed by atoms with E-state index in [0.717, 1.165) is 5.56 Å². The minimum atomic E-state index is -0.743. The van der Waals surface area contributed by atoms with E-state index in [0.29, 0.717) is 47.0 Å². The highest BCUT2D eigenvalue weighted by Crippen LogP contribution is 2.35. The molecule has 1 aromatic heterocycles. The number of alkyl carbamates (subject to hydrolysis) is 1. The van der Waals surface area contributed by atoms with Crippen molar-refractivity contribution in [3.05, 3.63) is 88.3 Å². The molecule has 0 radical (unpaired) electrons. The molecule has 4 aromatic rings. The van der Waals surface area contributed by atoms with Crippen LogP contribution in [0.15, 0.2) is 75.9 Å². The smallest absolute Gasteiger partial charge is 0.407 e. The van der Waals surface area contributed by atoms with Gasteiger partial charge >= 0.3 is 12.1 Å². The van der Waals surface area contributed by atoms with Crippen LogP contribution in [0.3, 0.4) is 0 Å². The predicted molar refractivity (Wildman–Crippen MR) is 134 cm³/mol. The number of rotatable bonds is 6. The van der Waals surface area contributed by atoms with E-state index in [1.54, 1.807) is 25.1 Å². The van der Waals surface area contributed by atoms with Crippen LogP contribution in [0.5, 0.6) is 17.2 Å². The molecule has 1 amide bonds. The number of carbonyl (C=O) groups excluding carboxylic acids is 2. The number of ether oxygens (including phenoxy) is 4. The summed E-state index contributed by atoms with van der Waals surface area (Å²) in [5.74, 6) is 1.07. The van der Waals surface area contributed by atoms with Crippen molar-refractivity contribution in [2.75, 3.05) is 19.8 Å². The quantitative estimate of drug-likeness (QED) is 0.306. The fourth-order valence-electron chi connectivity index (χ4n) is 3.97. The van der Waals surface area contributed by atoms with Crippen molar-refractivity contribution in [3.63, 3.8) is 0 Å². The molecule has 0 saturated carbocycles. The Hall–Kier alpha value is -4.79. The largest absolute Gasteiger partial charge is 0.486 e. The topological polar surface area (TPSA) is 113 Å². The van der Waals surface area contributed by atoms with E-state index in [1.165, 1.54) is 18.2 Å². The zero-order valence-corrected chi connectivity index (χ0v) is 19.9. The molecule has 1 N–H and O–H groups in total. The first kappa shape index (κ1) is 23.9. The van der Waals surface area contributed by atoms with Gasteiger partial charge in [0.05, 0.1) is 10.9 Å². The lowest BCUT2D eigenvalue weighted by Gasteiger charge is -2.19. The van der Waals surface area contributed by atoms with E-state index in [1.807, 2.05) is 30.3 Å². The summed E-state index contributed by atoms with van der Waals surface area (Å²) in [5.41, 5.74) is 1.93. The number of fused-ring (bicyclic) bond motifs is 2. The summed E-state index contributed by atoms with van der Waals surface area (Å²) < 4.78 is 27.5. The number of hydrogen-bond donors (Lipinski definition) is 1.